The molecule has 1 aromatic rings. The van der Waals surface area contributed by atoms with Gasteiger partial charge in [-0.15, -0.1) is 0 Å². The van der Waals surface area contributed by atoms with Crippen LogP contribution in [0.5, 0.6) is 0 Å². The van der Waals surface area contributed by atoms with Gasteiger partial charge in [-0.25, -0.2) is 8.42 Å². The SMILES string of the molecule is Cc1nn(C)c(C)c1S(=O)(=O)N1CCC(C(C)O)CC1. The van der Waals surface area contributed by atoms with Gasteiger partial charge < -0.3 is 5.11 Å². The van der Waals surface area contributed by atoms with Crippen molar-refractivity contribution in [3.05, 3.63) is 11.4 Å². The van der Waals surface area contributed by atoms with Gasteiger partial charge in [0.05, 0.1) is 17.5 Å². The van der Waals surface area contributed by atoms with Crippen LogP contribution in [0.15, 0.2) is 4.90 Å². The van der Waals surface area contributed by atoms with E-state index < -0.39 is 10.0 Å². The maximum absolute atomic E-state index is 12.7. The molecule has 7 heteroatoms. The van der Waals surface area contributed by atoms with Crippen LogP contribution in [-0.2, 0) is 17.1 Å². The molecule has 1 N–H and O–H groups in total. The highest BCUT2D eigenvalue weighted by molar-refractivity contribution is 7.89. The molecule has 2 rings (SSSR count). The number of aryl methyl sites for hydroxylation is 2. The van der Waals surface area contributed by atoms with Crippen LogP contribution in [0.4, 0.5) is 0 Å². The van der Waals surface area contributed by atoms with E-state index in [1.807, 2.05) is 0 Å². The minimum Gasteiger partial charge on any atom is -0.393 e. The lowest BCUT2D eigenvalue weighted by molar-refractivity contribution is 0.0912. The largest absolute Gasteiger partial charge is 0.393 e. The van der Waals surface area contributed by atoms with Crippen molar-refractivity contribution in [2.75, 3.05) is 13.1 Å². The van der Waals surface area contributed by atoms with E-state index in [-0.39, 0.29) is 12.0 Å². The second-order valence-corrected chi connectivity index (χ2v) is 7.48. The molecule has 0 spiro atoms. The third-order valence-corrected chi connectivity index (χ3v) is 6.37. The maximum atomic E-state index is 12.7. The second kappa shape index (κ2) is 5.46. The van der Waals surface area contributed by atoms with Gasteiger partial charge in [0.25, 0.3) is 0 Å². The van der Waals surface area contributed by atoms with Gasteiger partial charge in [0.15, 0.2) is 0 Å². The highest BCUT2D eigenvalue weighted by atomic mass is 32.2. The van der Waals surface area contributed by atoms with E-state index in [1.54, 1.807) is 32.5 Å². The van der Waals surface area contributed by atoms with Crippen LogP contribution in [-0.4, -0.2) is 46.8 Å². The van der Waals surface area contributed by atoms with Gasteiger partial charge in [0.1, 0.15) is 4.90 Å². The molecule has 0 aromatic carbocycles. The number of rotatable bonds is 3. The van der Waals surface area contributed by atoms with Gasteiger partial charge in [-0.05, 0) is 39.5 Å². The van der Waals surface area contributed by atoms with Crippen molar-refractivity contribution in [2.24, 2.45) is 13.0 Å². The van der Waals surface area contributed by atoms with E-state index >= 15 is 0 Å². The van der Waals surface area contributed by atoms with Gasteiger partial charge >= 0.3 is 0 Å². The Morgan fingerprint density at radius 3 is 2.25 bits per heavy atom. The van der Waals surface area contributed by atoms with Crippen LogP contribution < -0.4 is 0 Å². The molecule has 1 fully saturated rings. The number of hydrogen-bond acceptors (Lipinski definition) is 4. The molecule has 1 aliphatic heterocycles. The van der Waals surface area contributed by atoms with E-state index in [2.05, 4.69) is 5.10 Å². The quantitative estimate of drug-likeness (QED) is 0.897. The fourth-order valence-corrected chi connectivity index (χ4v) is 4.72. The van der Waals surface area contributed by atoms with Gasteiger partial charge in [-0.1, -0.05) is 0 Å². The molecule has 6 nitrogen and oxygen atoms in total. The van der Waals surface area contributed by atoms with Crippen molar-refractivity contribution in [1.29, 1.82) is 0 Å². The Morgan fingerprint density at radius 1 is 1.30 bits per heavy atom. The molecule has 0 radical (unpaired) electrons. The molecule has 1 unspecified atom stereocenters. The van der Waals surface area contributed by atoms with Crippen LogP contribution in [0.3, 0.4) is 0 Å². The Balaban J connectivity index is 2.24. The summed E-state index contributed by atoms with van der Waals surface area (Å²) in [6.07, 6.45) is 1.03. The normalized spacial score (nSPS) is 20.2. The molecule has 114 valence electrons. The Morgan fingerprint density at radius 2 is 1.85 bits per heavy atom. The van der Waals surface area contributed by atoms with E-state index in [1.165, 1.54) is 4.31 Å². The molecule has 0 aliphatic carbocycles. The number of nitrogens with zero attached hydrogens (tertiary/aromatic N) is 3. The van der Waals surface area contributed by atoms with Crippen molar-refractivity contribution >= 4 is 10.0 Å². The zero-order valence-electron chi connectivity index (χ0n) is 12.5. The van der Waals surface area contributed by atoms with E-state index in [4.69, 9.17) is 0 Å². The van der Waals surface area contributed by atoms with Crippen LogP contribution in [0.25, 0.3) is 0 Å². The molecule has 1 saturated heterocycles. The lowest BCUT2D eigenvalue weighted by Crippen LogP contribution is -2.41. The van der Waals surface area contributed by atoms with E-state index in [0.29, 0.717) is 42.2 Å². The molecular weight excluding hydrogens is 278 g/mol. The summed E-state index contributed by atoms with van der Waals surface area (Å²) in [6.45, 7) is 6.19. The van der Waals surface area contributed by atoms with Gasteiger partial charge in [-0.3, -0.25) is 4.68 Å². The Labute approximate surface area is 120 Å². The zero-order valence-corrected chi connectivity index (χ0v) is 13.3. The van der Waals surface area contributed by atoms with Gasteiger partial charge in [0, 0.05) is 20.1 Å². The van der Waals surface area contributed by atoms with Crippen molar-refractivity contribution < 1.29 is 13.5 Å². The van der Waals surface area contributed by atoms with Gasteiger partial charge in [0.2, 0.25) is 10.0 Å². The Hall–Kier alpha value is -0.920. The van der Waals surface area contributed by atoms with Crippen molar-refractivity contribution in [2.45, 2.75) is 44.6 Å². The Bertz CT molecular complexity index is 584. The molecule has 1 aromatic heterocycles. The van der Waals surface area contributed by atoms with E-state index in [0.717, 1.165) is 0 Å². The second-order valence-electron chi connectivity index (χ2n) is 5.61. The number of aliphatic hydroxyl groups is 1. The summed E-state index contributed by atoms with van der Waals surface area (Å²) in [4.78, 5) is 0.329. The first-order chi connectivity index (χ1) is 9.25. The summed E-state index contributed by atoms with van der Waals surface area (Å²) in [7, 11) is -1.73. The Kier molecular flexibility index (Phi) is 4.22. The first-order valence-corrected chi connectivity index (χ1v) is 8.37. The number of aromatic nitrogens is 2. The summed E-state index contributed by atoms with van der Waals surface area (Å²) in [5.41, 5.74) is 1.21. The summed E-state index contributed by atoms with van der Waals surface area (Å²) in [5, 5.41) is 13.8. The average Bonchev–Trinajstić information content (AvgIpc) is 2.63. The molecule has 20 heavy (non-hydrogen) atoms. The van der Waals surface area contributed by atoms with Gasteiger partial charge in [-0.2, -0.15) is 9.40 Å². The standard InChI is InChI=1S/C13H23N3O3S/c1-9-13(10(2)15(4)14-9)20(18,19)16-7-5-12(6-8-16)11(3)17/h11-12,17H,5-8H2,1-4H3. The van der Waals surface area contributed by atoms with Crippen molar-refractivity contribution in [1.82, 2.24) is 14.1 Å². The molecule has 2 heterocycles. The minimum atomic E-state index is -3.48. The fourth-order valence-electron chi connectivity index (χ4n) is 2.86. The maximum Gasteiger partial charge on any atom is 0.246 e. The highest BCUT2D eigenvalue weighted by Gasteiger charge is 2.34. The average molecular weight is 301 g/mol. The highest BCUT2D eigenvalue weighted by Crippen LogP contribution is 2.28. The first kappa shape index (κ1) is 15.5. The summed E-state index contributed by atoms with van der Waals surface area (Å²) in [5.74, 6) is 0.192. The fraction of sp³-hybridized carbons (Fsp3) is 0.769. The molecule has 0 bridgehead atoms. The monoisotopic (exact) mass is 301 g/mol. The predicted molar refractivity (Wildman–Crippen MR) is 75.8 cm³/mol. The summed E-state index contributed by atoms with van der Waals surface area (Å²) >= 11 is 0. The number of piperidine rings is 1. The molecule has 1 aliphatic rings. The molecule has 0 amide bonds. The molecule has 1 atom stereocenters. The van der Waals surface area contributed by atoms with Crippen LogP contribution in [0.2, 0.25) is 0 Å². The molecule has 0 saturated carbocycles. The topological polar surface area (TPSA) is 75.4 Å². The summed E-state index contributed by atoms with van der Waals surface area (Å²) < 4.78 is 28.6. The van der Waals surface area contributed by atoms with Crippen LogP contribution in [0.1, 0.15) is 31.2 Å². The smallest absolute Gasteiger partial charge is 0.246 e. The lowest BCUT2D eigenvalue weighted by Gasteiger charge is -2.32. The first-order valence-electron chi connectivity index (χ1n) is 6.93. The number of sulfonamides is 1. The number of hydrogen-bond donors (Lipinski definition) is 1. The minimum absolute atomic E-state index is 0.192. The number of aliphatic hydroxyl groups excluding tert-OH is 1. The van der Waals surface area contributed by atoms with E-state index in [9.17, 15) is 13.5 Å². The predicted octanol–water partition coefficient (Wildman–Crippen LogP) is 0.818. The molecular formula is C13H23N3O3S. The zero-order chi connectivity index (χ0) is 15.1. The van der Waals surface area contributed by atoms with Crippen molar-refractivity contribution in [3.8, 4) is 0 Å². The third-order valence-electron chi connectivity index (χ3n) is 4.22. The third kappa shape index (κ3) is 2.62. The van der Waals surface area contributed by atoms with Crippen molar-refractivity contribution in [3.63, 3.8) is 0 Å². The van der Waals surface area contributed by atoms with Crippen LogP contribution in [0, 0.1) is 19.8 Å². The summed E-state index contributed by atoms with van der Waals surface area (Å²) in [6, 6.07) is 0. The lowest BCUT2D eigenvalue weighted by atomic mass is 9.93. The van der Waals surface area contributed by atoms with Crippen LogP contribution >= 0.6 is 0 Å².